The fourth-order valence-corrected chi connectivity index (χ4v) is 3.67. The number of hydrogen-bond acceptors (Lipinski definition) is 5. The predicted octanol–water partition coefficient (Wildman–Crippen LogP) is 5.28. The molecule has 36 heavy (non-hydrogen) atoms. The quantitative estimate of drug-likeness (QED) is 0.394. The van der Waals surface area contributed by atoms with Crippen molar-refractivity contribution in [3.63, 3.8) is 0 Å². The van der Waals surface area contributed by atoms with Crippen LogP contribution in [0.5, 0.6) is 17.2 Å². The van der Waals surface area contributed by atoms with E-state index < -0.39 is 11.9 Å². The maximum atomic E-state index is 13.1. The van der Waals surface area contributed by atoms with Gasteiger partial charge in [-0.1, -0.05) is 48.0 Å². The van der Waals surface area contributed by atoms with E-state index in [1.165, 1.54) is 20.2 Å². The average Bonchev–Trinajstić information content (AvgIpc) is 2.86. The molecule has 3 rings (SSSR count). The maximum absolute atomic E-state index is 13.1. The van der Waals surface area contributed by atoms with Gasteiger partial charge >= 0.3 is 6.03 Å². The Morgan fingerprint density at radius 3 is 2.25 bits per heavy atom. The van der Waals surface area contributed by atoms with Gasteiger partial charge in [0, 0.05) is 12.6 Å². The molecule has 0 aliphatic carbocycles. The number of amides is 3. The Labute approximate surface area is 216 Å². The number of primary amides is 1. The number of hydrogen-bond donors (Lipinski definition) is 1. The summed E-state index contributed by atoms with van der Waals surface area (Å²) in [5, 5.41) is 2.58. The van der Waals surface area contributed by atoms with Gasteiger partial charge in [0.15, 0.2) is 11.5 Å². The van der Waals surface area contributed by atoms with Crippen LogP contribution in [0.4, 0.5) is 4.79 Å². The second-order valence-corrected chi connectivity index (χ2v) is 8.70. The van der Waals surface area contributed by atoms with Gasteiger partial charge in [-0.15, -0.1) is 0 Å². The highest BCUT2D eigenvalue weighted by Gasteiger charge is 2.24. The highest BCUT2D eigenvalue weighted by atomic mass is 35.5. The largest absolute Gasteiger partial charge is 0.493 e. The molecule has 0 aliphatic rings. The van der Waals surface area contributed by atoms with Crippen molar-refractivity contribution in [3.8, 4) is 17.2 Å². The van der Waals surface area contributed by atoms with E-state index >= 15 is 0 Å². The lowest BCUT2D eigenvalue weighted by Crippen LogP contribution is -2.49. The summed E-state index contributed by atoms with van der Waals surface area (Å²) in [6.07, 6.45) is -0.0656. The molecule has 0 aromatic heterocycles. The van der Waals surface area contributed by atoms with Crippen molar-refractivity contribution in [2.45, 2.75) is 33.1 Å². The van der Waals surface area contributed by atoms with Crippen LogP contribution in [0.15, 0.2) is 66.7 Å². The smallest absolute Gasteiger partial charge is 0.334 e. The molecule has 3 amide bonds. The maximum Gasteiger partial charge on any atom is 0.334 e. The van der Waals surface area contributed by atoms with Gasteiger partial charge in [0.25, 0.3) is 5.91 Å². The molecule has 0 atom stereocenters. The average molecular weight is 512 g/mol. The normalized spacial score (nSPS) is 10.6. The summed E-state index contributed by atoms with van der Waals surface area (Å²) in [5.74, 6) is 1.06. The van der Waals surface area contributed by atoms with E-state index in [0.29, 0.717) is 34.4 Å². The van der Waals surface area contributed by atoms with Gasteiger partial charge in [-0.25, -0.2) is 14.8 Å². The molecule has 3 aromatic rings. The summed E-state index contributed by atoms with van der Waals surface area (Å²) in [7, 11) is 3.00. The molecule has 2 N–H and O–H groups in total. The van der Waals surface area contributed by atoms with Crippen LogP contribution in [0.3, 0.4) is 0 Å². The number of ether oxygens (including phenoxy) is 3. The van der Waals surface area contributed by atoms with Crippen molar-refractivity contribution >= 4 is 23.5 Å². The predicted molar refractivity (Wildman–Crippen MR) is 138 cm³/mol. The first kappa shape index (κ1) is 26.7. The first-order valence-corrected chi connectivity index (χ1v) is 11.7. The molecule has 0 aliphatic heterocycles. The van der Waals surface area contributed by atoms with Crippen LogP contribution in [0.25, 0.3) is 0 Å². The van der Waals surface area contributed by atoms with Crippen molar-refractivity contribution in [2.75, 3.05) is 14.2 Å². The lowest BCUT2D eigenvalue weighted by Gasteiger charge is -2.30. The first-order chi connectivity index (χ1) is 17.2. The number of urea groups is 1. The van der Waals surface area contributed by atoms with E-state index in [-0.39, 0.29) is 18.2 Å². The minimum absolute atomic E-state index is 0.0369. The topological polar surface area (TPSA) is 94.3 Å². The van der Waals surface area contributed by atoms with Crippen LogP contribution >= 0.6 is 11.6 Å². The van der Waals surface area contributed by atoms with Crippen molar-refractivity contribution in [1.82, 2.24) is 10.0 Å². The Balaban J connectivity index is 1.74. The number of rotatable bonds is 9. The van der Waals surface area contributed by atoms with E-state index in [1.54, 1.807) is 30.3 Å². The Morgan fingerprint density at radius 1 is 0.944 bits per heavy atom. The van der Waals surface area contributed by atoms with Gasteiger partial charge in [0.2, 0.25) is 0 Å². The van der Waals surface area contributed by atoms with Crippen LogP contribution in [-0.4, -0.2) is 42.2 Å². The summed E-state index contributed by atoms with van der Waals surface area (Å²) in [6.45, 7) is 4.18. The SMILES string of the molecule is COc1cc(CN(C(N)=O)N(C)C(=O)c2ccc(OC(C)C)c(Cl)c2)ccc1OCc1ccccc1. The second kappa shape index (κ2) is 12.2. The number of methoxy groups -OCH3 is 1. The second-order valence-electron chi connectivity index (χ2n) is 8.30. The summed E-state index contributed by atoms with van der Waals surface area (Å²) in [5.41, 5.74) is 7.61. The Kier molecular flexibility index (Phi) is 9.02. The third-order valence-corrected chi connectivity index (χ3v) is 5.54. The fourth-order valence-electron chi connectivity index (χ4n) is 3.45. The number of hydrazine groups is 1. The molecule has 190 valence electrons. The van der Waals surface area contributed by atoms with E-state index in [1.807, 2.05) is 44.2 Å². The van der Waals surface area contributed by atoms with Crippen LogP contribution < -0.4 is 19.9 Å². The molecule has 0 unspecified atom stereocenters. The zero-order valence-electron chi connectivity index (χ0n) is 20.7. The van der Waals surface area contributed by atoms with Gasteiger partial charge in [-0.2, -0.15) is 0 Å². The Morgan fingerprint density at radius 2 is 1.64 bits per heavy atom. The van der Waals surface area contributed by atoms with Gasteiger partial charge in [0.05, 0.1) is 24.8 Å². The zero-order valence-corrected chi connectivity index (χ0v) is 21.5. The molecule has 0 saturated carbocycles. The monoisotopic (exact) mass is 511 g/mol. The third kappa shape index (κ3) is 6.82. The van der Waals surface area contributed by atoms with Gasteiger partial charge < -0.3 is 19.9 Å². The van der Waals surface area contributed by atoms with E-state index in [0.717, 1.165) is 15.6 Å². The number of carbonyl (C=O) groups excluding carboxylic acids is 2. The standard InChI is InChI=1S/C27H30ClN3O5/c1-18(2)36-23-13-11-21(15-22(23)28)26(32)30(3)31(27(29)33)16-20-10-12-24(25(14-20)34-4)35-17-19-8-6-5-7-9-19/h5-15,18H,16-17H2,1-4H3,(H2,29,33). The molecular formula is C27H30ClN3O5. The number of nitrogens with two attached hydrogens (primary N) is 1. The fraction of sp³-hybridized carbons (Fsp3) is 0.259. The molecule has 0 heterocycles. The van der Waals surface area contributed by atoms with E-state index in [4.69, 9.17) is 31.5 Å². The summed E-state index contributed by atoms with van der Waals surface area (Å²) in [6, 6.07) is 19.0. The highest BCUT2D eigenvalue weighted by molar-refractivity contribution is 6.32. The van der Waals surface area contributed by atoms with Gasteiger partial charge in [-0.3, -0.25) is 4.79 Å². The highest BCUT2D eigenvalue weighted by Crippen LogP contribution is 2.30. The Bertz CT molecular complexity index is 1200. The van der Waals surface area contributed by atoms with Crippen molar-refractivity contribution in [1.29, 1.82) is 0 Å². The van der Waals surface area contributed by atoms with Crippen LogP contribution in [0.1, 0.15) is 35.3 Å². The molecule has 0 fully saturated rings. The number of benzene rings is 3. The Hall–Kier alpha value is -3.91. The molecule has 0 spiro atoms. The number of nitrogens with zero attached hydrogens (tertiary/aromatic N) is 2. The zero-order chi connectivity index (χ0) is 26.2. The number of halogens is 1. The lowest BCUT2D eigenvalue weighted by atomic mass is 10.2. The van der Waals surface area contributed by atoms with Crippen molar-refractivity contribution in [3.05, 3.63) is 88.4 Å². The summed E-state index contributed by atoms with van der Waals surface area (Å²) < 4.78 is 17.0. The van der Waals surface area contributed by atoms with Gasteiger partial charge in [-0.05, 0) is 55.3 Å². The van der Waals surface area contributed by atoms with E-state index in [9.17, 15) is 9.59 Å². The lowest BCUT2D eigenvalue weighted by molar-refractivity contribution is 0.0257. The molecule has 3 aromatic carbocycles. The van der Waals surface area contributed by atoms with Crippen molar-refractivity contribution < 1.29 is 23.8 Å². The minimum atomic E-state index is -0.792. The molecule has 0 radical (unpaired) electrons. The minimum Gasteiger partial charge on any atom is -0.493 e. The summed E-state index contributed by atoms with van der Waals surface area (Å²) in [4.78, 5) is 25.4. The molecule has 9 heteroatoms. The van der Waals surface area contributed by atoms with Crippen LogP contribution in [0.2, 0.25) is 5.02 Å². The van der Waals surface area contributed by atoms with E-state index in [2.05, 4.69) is 0 Å². The molecule has 0 bridgehead atoms. The molecule has 8 nitrogen and oxygen atoms in total. The molecular weight excluding hydrogens is 482 g/mol. The molecule has 0 saturated heterocycles. The first-order valence-electron chi connectivity index (χ1n) is 11.3. The van der Waals surface area contributed by atoms with Crippen LogP contribution in [0, 0.1) is 0 Å². The van der Waals surface area contributed by atoms with Gasteiger partial charge in [0.1, 0.15) is 12.4 Å². The third-order valence-electron chi connectivity index (χ3n) is 5.25. The van der Waals surface area contributed by atoms with Crippen LogP contribution in [-0.2, 0) is 13.2 Å². The van der Waals surface area contributed by atoms with Crippen molar-refractivity contribution in [2.24, 2.45) is 5.73 Å². The number of carbonyl (C=O) groups is 2. The summed E-state index contributed by atoms with van der Waals surface area (Å²) >= 11 is 6.28.